The summed E-state index contributed by atoms with van der Waals surface area (Å²) in [6, 6.07) is 8.66. The minimum Gasteiger partial charge on any atom is -0.479 e. The van der Waals surface area contributed by atoms with E-state index in [9.17, 15) is 4.79 Å². The van der Waals surface area contributed by atoms with Gasteiger partial charge in [0.2, 0.25) is 11.8 Å². The van der Waals surface area contributed by atoms with Gasteiger partial charge in [-0.2, -0.15) is 0 Å². The molecule has 1 aliphatic rings. The predicted octanol–water partition coefficient (Wildman–Crippen LogP) is 4.22. The van der Waals surface area contributed by atoms with E-state index in [4.69, 9.17) is 9.72 Å². The molecule has 1 aliphatic heterocycles. The van der Waals surface area contributed by atoms with E-state index in [1.807, 2.05) is 14.0 Å². The van der Waals surface area contributed by atoms with E-state index in [2.05, 4.69) is 46.5 Å². The molecule has 1 amide bonds. The number of nitrogens with one attached hydrogen (secondary N) is 1. The van der Waals surface area contributed by atoms with Crippen LogP contribution in [0.15, 0.2) is 24.3 Å². The van der Waals surface area contributed by atoms with Crippen molar-refractivity contribution >= 4 is 16.9 Å². The minimum absolute atomic E-state index is 0.0469. The number of fused-ring (bicyclic) bond motifs is 1. The van der Waals surface area contributed by atoms with E-state index < -0.39 is 0 Å². The van der Waals surface area contributed by atoms with Crippen LogP contribution >= 0.6 is 0 Å². The summed E-state index contributed by atoms with van der Waals surface area (Å²) in [4.78, 5) is 19.9. The molecule has 0 atom stereocenters. The molecule has 0 spiro atoms. The number of hydrogen-bond donors (Lipinski definition) is 1. The van der Waals surface area contributed by atoms with E-state index in [0.717, 1.165) is 40.0 Å². The highest BCUT2D eigenvalue weighted by Gasteiger charge is 2.18. The second-order valence-corrected chi connectivity index (χ2v) is 9.42. The monoisotopic (exact) mass is 463 g/mol. The third-order valence-corrected chi connectivity index (χ3v) is 6.94. The molecular formula is C27H37N5O2. The Morgan fingerprint density at radius 1 is 1.06 bits per heavy atom. The summed E-state index contributed by atoms with van der Waals surface area (Å²) in [7, 11) is 3.49. The largest absolute Gasteiger partial charge is 0.479 e. The molecule has 2 aromatic heterocycles. The van der Waals surface area contributed by atoms with Crippen LogP contribution in [0.3, 0.4) is 0 Å². The molecular weight excluding hydrogens is 426 g/mol. The van der Waals surface area contributed by atoms with Crippen LogP contribution in [0.1, 0.15) is 60.1 Å². The summed E-state index contributed by atoms with van der Waals surface area (Å²) in [6.45, 7) is 8.02. The highest BCUT2D eigenvalue weighted by molar-refractivity contribution is 5.86. The molecule has 0 saturated carbocycles. The van der Waals surface area contributed by atoms with Gasteiger partial charge in [-0.05, 0) is 68.5 Å². The first-order valence-electron chi connectivity index (χ1n) is 12.4. The number of pyridine rings is 1. The van der Waals surface area contributed by atoms with Gasteiger partial charge in [0.05, 0.1) is 12.5 Å². The van der Waals surface area contributed by atoms with Gasteiger partial charge in [-0.3, -0.25) is 9.69 Å². The molecule has 1 aromatic carbocycles. The van der Waals surface area contributed by atoms with Crippen molar-refractivity contribution in [3.05, 3.63) is 52.2 Å². The third-order valence-electron chi connectivity index (χ3n) is 6.94. The van der Waals surface area contributed by atoms with E-state index in [0.29, 0.717) is 25.3 Å². The number of carbonyl (C=O) groups is 1. The van der Waals surface area contributed by atoms with Crippen molar-refractivity contribution in [1.82, 2.24) is 25.0 Å². The van der Waals surface area contributed by atoms with Gasteiger partial charge in [0.25, 0.3) is 0 Å². The van der Waals surface area contributed by atoms with Gasteiger partial charge in [-0.1, -0.05) is 37.1 Å². The molecule has 7 heteroatoms. The first kappa shape index (κ1) is 24.2. The maximum Gasteiger partial charge on any atom is 0.242 e. The lowest BCUT2D eigenvalue weighted by Gasteiger charge is -2.19. The van der Waals surface area contributed by atoms with Crippen LogP contribution in [0.4, 0.5) is 0 Å². The molecule has 0 bridgehead atoms. The normalized spacial score (nSPS) is 14.8. The second-order valence-electron chi connectivity index (χ2n) is 9.42. The van der Waals surface area contributed by atoms with Crippen molar-refractivity contribution in [2.24, 2.45) is 7.05 Å². The van der Waals surface area contributed by atoms with Crippen LogP contribution in [0.5, 0.6) is 5.88 Å². The summed E-state index contributed by atoms with van der Waals surface area (Å²) in [6.07, 6.45) is 6.39. The molecule has 7 nitrogen and oxygen atoms in total. The Morgan fingerprint density at radius 3 is 2.41 bits per heavy atom. The van der Waals surface area contributed by atoms with Gasteiger partial charge >= 0.3 is 0 Å². The van der Waals surface area contributed by atoms with Crippen LogP contribution < -0.4 is 10.1 Å². The maximum absolute atomic E-state index is 12.6. The lowest BCUT2D eigenvalue weighted by molar-refractivity contribution is -0.121. The second kappa shape index (κ2) is 11.0. The fourth-order valence-electron chi connectivity index (χ4n) is 4.95. The summed E-state index contributed by atoms with van der Waals surface area (Å²) in [5, 5.41) is 8.40. The predicted molar refractivity (Wildman–Crippen MR) is 135 cm³/mol. The molecule has 182 valence electrons. The number of likely N-dealkylation sites (tertiary alicyclic amines) is 1. The van der Waals surface area contributed by atoms with Crippen molar-refractivity contribution < 1.29 is 9.53 Å². The molecule has 1 saturated heterocycles. The van der Waals surface area contributed by atoms with E-state index in [1.165, 1.54) is 44.3 Å². The van der Waals surface area contributed by atoms with Crippen molar-refractivity contribution in [3.63, 3.8) is 0 Å². The van der Waals surface area contributed by atoms with Crippen LogP contribution in [0.25, 0.3) is 11.0 Å². The van der Waals surface area contributed by atoms with Crippen molar-refractivity contribution in [1.29, 1.82) is 0 Å². The SMILES string of the molecule is COc1nn(C)c2nc(C)c(CCC(=O)NCc3ccc(CN4CCCCCC4)cc3)c(C)c12. The maximum atomic E-state index is 12.6. The fourth-order valence-corrected chi connectivity index (χ4v) is 4.95. The highest BCUT2D eigenvalue weighted by atomic mass is 16.5. The number of hydrogen-bond acceptors (Lipinski definition) is 5. The van der Waals surface area contributed by atoms with Gasteiger partial charge < -0.3 is 10.1 Å². The number of benzene rings is 1. The van der Waals surface area contributed by atoms with Gasteiger partial charge in [0.1, 0.15) is 0 Å². The van der Waals surface area contributed by atoms with Crippen LogP contribution in [-0.4, -0.2) is 45.8 Å². The van der Waals surface area contributed by atoms with Gasteiger partial charge in [-0.15, -0.1) is 5.10 Å². The molecule has 4 rings (SSSR count). The molecule has 0 radical (unpaired) electrons. The Labute approximate surface area is 202 Å². The van der Waals surface area contributed by atoms with E-state index in [-0.39, 0.29) is 5.91 Å². The average Bonchev–Trinajstić information content (AvgIpc) is 2.98. The van der Waals surface area contributed by atoms with Crippen LogP contribution in [0.2, 0.25) is 0 Å². The van der Waals surface area contributed by atoms with Crippen molar-refractivity contribution in [2.45, 2.75) is 65.5 Å². The Kier molecular flexibility index (Phi) is 7.83. The van der Waals surface area contributed by atoms with Crippen molar-refractivity contribution in [3.8, 4) is 5.88 Å². The van der Waals surface area contributed by atoms with Crippen molar-refractivity contribution in [2.75, 3.05) is 20.2 Å². The molecule has 1 fully saturated rings. The number of methoxy groups -OCH3 is 1. The first-order chi connectivity index (χ1) is 16.5. The molecule has 0 unspecified atom stereocenters. The average molecular weight is 464 g/mol. The van der Waals surface area contributed by atoms with E-state index >= 15 is 0 Å². The highest BCUT2D eigenvalue weighted by Crippen LogP contribution is 2.30. The quantitative estimate of drug-likeness (QED) is 0.542. The van der Waals surface area contributed by atoms with Gasteiger partial charge in [0.15, 0.2) is 5.65 Å². The van der Waals surface area contributed by atoms with E-state index in [1.54, 1.807) is 11.8 Å². The Balaban J connectivity index is 1.31. The summed E-state index contributed by atoms with van der Waals surface area (Å²) in [5.74, 6) is 0.623. The fraction of sp³-hybridized carbons (Fsp3) is 0.519. The number of carbonyl (C=O) groups excluding carboxylic acids is 1. The zero-order chi connectivity index (χ0) is 24.1. The Bertz CT molecular complexity index is 1130. The van der Waals surface area contributed by atoms with Crippen LogP contribution in [0, 0.1) is 13.8 Å². The third kappa shape index (κ3) is 5.58. The lowest BCUT2D eigenvalue weighted by Crippen LogP contribution is -2.24. The first-order valence-corrected chi connectivity index (χ1v) is 12.4. The topological polar surface area (TPSA) is 72.3 Å². The summed E-state index contributed by atoms with van der Waals surface area (Å²) >= 11 is 0. The molecule has 3 aromatic rings. The minimum atomic E-state index is 0.0469. The zero-order valence-electron chi connectivity index (χ0n) is 21.0. The Hall–Kier alpha value is -2.93. The lowest BCUT2D eigenvalue weighted by atomic mass is 10.00. The Morgan fingerprint density at radius 2 is 1.74 bits per heavy atom. The number of rotatable bonds is 8. The standard InChI is InChI=1S/C27H37N5O2/c1-19-23(20(2)29-26-25(19)27(34-4)30-31(26)3)13-14-24(33)28-17-21-9-11-22(12-10-21)18-32-15-7-5-6-8-16-32/h9-12H,5-8,13-18H2,1-4H3,(H,28,33). The number of aromatic nitrogens is 3. The smallest absolute Gasteiger partial charge is 0.242 e. The number of nitrogens with zero attached hydrogens (tertiary/aromatic N) is 4. The number of aryl methyl sites for hydroxylation is 3. The molecule has 1 N–H and O–H groups in total. The van der Waals surface area contributed by atoms with Crippen LogP contribution in [-0.2, 0) is 31.4 Å². The molecule has 34 heavy (non-hydrogen) atoms. The zero-order valence-corrected chi connectivity index (χ0v) is 21.0. The number of ether oxygens (including phenoxy) is 1. The molecule has 0 aliphatic carbocycles. The summed E-state index contributed by atoms with van der Waals surface area (Å²) in [5.41, 5.74) is 6.38. The van der Waals surface area contributed by atoms with Gasteiger partial charge in [-0.25, -0.2) is 9.67 Å². The summed E-state index contributed by atoms with van der Waals surface area (Å²) < 4.78 is 7.18. The van der Waals surface area contributed by atoms with Gasteiger partial charge in [0, 0.05) is 32.3 Å². The molecule has 3 heterocycles. The number of amides is 1.